The maximum absolute atomic E-state index is 13.9. The molecule has 3 aromatic heterocycles. The zero-order chi connectivity index (χ0) is 27.2. The summed E-state index contributed by atoms with van der Waals surface area (Å²) in [5.41, 5.74) is 1.85. The van der Waals surface area contributed by atoms with Crippen LogP contribution in [0.1, 0.15) is 33.1 Å². The van der Waals surface area contributed by atoms with Crippen LogP contribution in [0.5, 0.6) is 0 Å². The van der Waals surface area contributed by atoms with Crippen LogP contribution in [0, 0.1) is 19.7 Å². The fourth-order valence-corrected chi connectivity index (χ4v) is 4.28. The van der Waals surface area contributed by atoms with E-state index < -0.39 is 23.6 Å². The molecule has 5 aromatic rings. The van der Waals surface area contributed by atoms with Crippen LogP contribution in [-0.4, -0.2) is 30.3 Å². The van der Waals surface area contributed by atoms with Crippen molar-refractivity contribution >= 4 is 33.2 Å². The number of fused-ring (bicyclic) bond motifs is 1. The number of hydrogen-bond donors (Lipinski definition) is 1. The van der Waals surface area contributed by atoms with E-state index in [1.807, 2.05) is 24.6 Å². The van der Waals surface area contributed by atoms with Crippen molar-refractivity contribution in [2.45, 2.75) is 26.6 Å². The molecule has 0 aliphatic rings. The molecule has 3 heterocycles. The second-order valence-corrected chi connectivity index (χ2v) is 9.42. The number of carbonyl (C=O) groups is 1. The van der Waals surface area contributed by atoms with E-state index >= 15 is 0 Å². The number of nitrogens with one attached hydrogen (secondary N) is 1. The molecule has 0 aliphatic carbocycles. The van der Waals surface area contributed by atoms with E-state index in [0.717, 1.165) is 39.6 Å². The highest BCUT2D eigenvalue weighted by molar-refractivity contribution is 9.10. The molecule has 0 saturated heterocycles. The van der Waals surface area contributed by atoms with Crippen molar-refractivity contribution in [2.75, 3.05) is 5.32 Å². The van der Waals surface area contributed by atoms with Crippen molar-refractivity contribution in [1.29, 1.82) is 0 Å². The molecule has 1 N–H and O–H groups in total. The summed E-state index contributed by atoms with van der Waals surface area (Å²) in [6.07, 6.45) is -4.78. The Labute approximate surface area is 222 Å². The molecule has 0 aliphatic heterocycles. The van der Waals surface area contributed by atoms with Crippen molar-refractivity contribution in [2.24, 2.45) is 0 Å². The first-order valence-electron chi connectivity index (χ1n) is 11.3. The Morgan fingerprint density at radius 1 is 1.03 bits per heavy atom. The summed E-state index contributed by atoms with van der Waals surface area (Å²) in [6, 6.07) is 14.0. The van der Waals surface area contributed by atoms with Crippen LogP contribution in [0.2, 0.25) is 0 Å². The van der Waals surface area contributed by atoms with Gasteiger partial charge in [0, 0.05) is 17.3 Å². The van der Waals surface area contributed by atoms with Crippen molar-refractivity contribution in [3.8, 4) is 11.3 Å². The average Bonchev–Trinajstić information content (AvgIpc) is 3.40. The van der Waals surface area contributed by atoms with Gasteiger partial charge in [-0.3, -0.25) is 9.48 Å². The summed E-state index contributed by atoms with van der Waals surface area (Å²) in [6.45, 7) is 4.28. The van der Waals surface area contributed by atoms with Gasteiger partial charge >= 0.3 is 6.18 Å². The van der Waals surface area contributed by atoms with Crippen LogP contribution in [0.4, 0.5) is 23.2 Å². The molecule has 0 saturated carbocycles. The molecule has 5 rings (SSSR count). The largest absolute Gasteiger partial charge is 0.433 e. The number of alkyl halides is 3. The van der Waals surface area contributed by atoms with Crippen LogP contribution in [0.3, 0.4) is 0 Å². The fraction of sp³-hybridized carbons (Fsp3) is 0.154. The van der Waals surface area contributed by atoms with Crippen molar-refractivity contribution in [1.82, 2.24) is 24.4 Å². The van der Waals surface area contributed by atoms with Gasteiger partial charge in [-0.15, -0.1) is 0 Å². The lowest BCUT2D eigenvalue weighted by molar-refractivity contribution is -0.142. The number of nitrogens with zero attached hydrogens (tertiary/aromatic N) is 5. The molecule has 0 spiro atoms. The highest BCUT2D eigenvalue weighted by Crippen LogP contribution is 2.32. The van der Waals surface area contributed by atoms with E-state index in [2.05, 4.69) is 36.4 Å². The van der Waals surface area contributed by atoms with E-state index in [1.165, 1.54) is 18.2 Å². The van der Waals surface area contributed by atoms with Gasteiger partial charge in [-0.25, -0.2) is 13.9 Å². The molecule has 194 valence electrons. The van der Waals surface area contributed by atoms with Crippen LogP contribution in [0.15, 0.2) is 65.1 Å². The van der Waals surface area contributed by atoms with Gasteiger partial charge in [0.05, 0.1) is 28.1 Å². The van der Waals surface area contributed by atoms with Gasteiger partial charge in [0.2, 0.25) is 0 Å². The second kappa shape index (κ2) is 9.67. The third-order valence-corrected chi connectivity index (χ3v) is 7.05. The van der Waals surface area contributed by atoms with E-state index in [1.54, 1.807) is 18.2 Å². The topological polar surface area (TPSA) is 77.1 Å². The molecular weight excluding hydrogens is 568 g/mol. The quantitative estimate of drug-likeness (QED) is 0.241. The van der Waals surface area contributed by atoms with Crippen molar-refractivity contribution < 1.29 is 22.4 Å². The maximum atomic E-state index is 13.9. The number of benzene rings is 2. The minimum absolute atomic E-state index is 0.0276. The van der Waals surface area contributed by atoms with E-state index in [4.69, 9.17) is 0 Å². The highest BCUT2D eigenvalue weighted by atomic mass is 79.9. The van der Waals surface area contributed by atoms with E-state index in [0.29, 0.717) is 16.7 Å². The van der Waals surface area contributed by atoms with Crippen molar-refractivity contribution in [3.05, 3.63) is 99.3 Å². The molecule has 0 atom stereocenters. The number of rotatable bonds is 5. The number of carbonyl (C=O) groups excluding carboxylic acids is 1. The van der Waals surface area contributed by atoms with Crippen LogP contribution < -0.4 is 5.32 Å². The van der Waals surface area contributed by atoms with Crippen molar-refractivity contribution in [3.63, 3.8) is 0 Å². The van der Waals surface area contributed by atoms with Gasteiger partial charge in [0.15, 0.2) is 17.0 Å². The Morgan fingerprint density at radius 3 is 2.42 bits per heavy atom. The first-order chi connectivity index (χ1) is 18.0. The summed E-state index contributed by atoms with van der Waals surface area (Å²) < 4.78 is 58.2. The van der Waals surface area contributed by atoms with Gasteiger partial charge < -0.3 is 5.32 Å². The number of aryl methyl sites for hydroxylation is 1. The minimum atomic E-state index is -4.78. The predicted octanol–water partition coefficient (Wildman–Crippen LogP) is 6.43. The van der Waals surface area contributed by atoms with Crippen LogP contribution in [-0.2, 0) is 12.7 Å². The molecule has 38 heavy (non-hydrogen) atoms. The molecule has 1 amide bonds. The lowest BCUT2D eigenvalue weighted by atomic mass is 10.1. The Kier molecular flexibility index (Phi) is 6.51. The lowest BCUT2D eigenvalue weighted by Crippen LogP contribution is -2.16. The highest BCUT2D eigenvalue weighted by Gasteiger charge is 2.35. The minimum Gasteiger partial charge on any atom is -0.321 e. The zero-order valence-corrected chi connectivity index (χ0v) is 21.6. The summed E-state index contributed by atoms with van der Waals surface area (Å²) in [4.78, 5) is 17.2. The van der Waals surface area contributed by atoms with Gasteiger partial charge in [-0.2, -0.15) is 23.4 Å². The maximum Gasteiger partial charge on any atom is 0.433 e. The Bertz CT molecular complexity index is 1670. The second-order valence-electron chi connectivity index (χ2n) is 8.63. The fourth-order valence-electron chi connectivity index (χ4n) is 4.00. The molecule has 0 bridgehead atoms. The predicted molar refractivity (Wildman–Crippen MR) is 136 cm³/mol. The van der Waals surface area contributed by atoms with Crippen LogP contribution >= 0.6 is 15.9 Å². The monoisotopic (exact) mass is 586 g/mol. The first-order valence-corrected chi connectivity index (χ1v) is 12.1. The normalized spacial score (nSPS) is 11.8. The molecule has 7 nitrogen and oxygen atoms in total. The number of halogens is 5. The first kappa shape index (κ1) is 25.6. The lowest BCUT2D eigenvalue weighted by Gasteiger charge is -2.11. The number of amides is 1. The summed E-state index contributed by atoms with van der Waals surface area (Å²) >= 11 is 3.50. The standard InChI is InChI=1S/C26H19BrF4N6O/c1-14-24(27)15(2)36(34-14)13-16-4-3-5-19(10-16)32-25(38)21-12-23-33-20(17-6-8-18(28)9-7-17)11-22(26(29,30)31)37(23)35-21/h3-12H,13H2,1-2H3,(H,32,38). The number of hydrogen-bond acceptors (Lipinski definition) is 4. The van der Waals surface area contributed by atoms with Crippen LogP contribution in [0.25, 0.3) is 16.9 Å². The SMILES string of the molecule is Cc1nn(Cc2cccc(NC(=O)c3cc4nc(-c5ccc(F)cc5)cc(C(F)(F)F)n4n3)c2)c(C)c1Br. The molecular formula is C26H19BrF4N6O. The zero-order valence-electron chi connectivity index (χ0n) is 20.0. The van der Waals surface area contributed by atoms with Gasteiger partial charge in [-0.05, 0) is 77.8 Å². The van der Waals surface area contributed by atoms with E-state index in [9.17, 15) is 22.4 Å². The Morgan fingerprint density at radius 2 is 1.76 bits per heavy atom. The van der Waals surface area contributed by atoms with Gasteiger partial charge in [-0.1, -0.05) is 12.1 Å². The molecule has 0 fully saturated rings. The molecule has 2 aromatic carbocycles. The smallest absolute Gasteiger partial charge is 0.321 e. The Balaban J connectivity index is 1.44. The van der Waals surface area contributed by atoms with Gasteiger partial charge in [0.25, 0.3) is 5.91 Å². The summed E-state index contributed by atoms with van der Waals surface area (Å²) in [5, 5.41) is 11.0. The molecule has 0 unspecified atom stereocenters. The summed E-state index contributed by atoms with van der Waals surface area (Å²) in [5.74, 6) is -1.22. The number of aromatic nitrogens is 5. The van der Waals surface area contributed by atoms with E-state index in [-0.39, 0.29) is 22.6 Å². The third-order valence-electron chi connectivity index (χ3n) is 5.90. The average molecular weight is 587 g/mol. The van der Waals surface area contributed by atoms with Gasteiger partial charge in [0.1, 0.15) is 5.82 Å². The molecule has 0 radical (unpaired) electrons. The Hall–Kier alpha value is -4.06. The molecule has 12 heteroatoms. The summed E-state index contributed by atoms with van der Waals surface area (Å²) in [7, 11) is 0. The third kappa shape index (κ3) is 5.03. The number of anilines is 1.